The number of rotatable bonds is 8. The predicted octanol–water partition coefficient (Wildman–Crippen LogP) is 2.80. The van der Waals surface area contributed by atoms with E-state index in [-0.39, 0.29) is 17.0 Å². The fraction of sp³-hybridized carbons (Fsp3) is 0.400. The number of ether oxygens (including phenoxy) is 2. The second kappa shape index (κ2) is 10.1. The molecule has 1 atom stereocenters. The van der Waals surface area contributed by atoms with E-state index in [1.807, 2.05) is 25.9 Å². The van der Waals surface area contributed by atoms with Gasteiger partial charge >= 0.3 is 5.97 Å². The molecule has 0 aliphatic carbocycles. The lowest BCUT2D eigenvalue weighted by molar-refractivity contribution is -0.140. The third kappa shape index (κ3) is 4.56. The maximum absolute atomic E-state index is 13.2. The van der Waals surface area contributed by atoms with E-state index in [9.17, 15) is 19.5 Å². The van der Waals surface area contributed by atoms with E-state index >= 15 is 0 Å². The summed E-state index contributed by atoms with van der Waals surface area (Å²) in [4.78, 5) is 44.7. The Balaban J connectivity index is 2.19. The van der Waals surface area contributed by atoms with Crippen molar-refractivity contribution in [2.45, 2.75) is 26.8 Å². The Bertz CT molecular complexity index is 1130. The highest BCUT2D eigenvalue weighted by Crippen LogP contribution is 2.41. The zero-order valence-corrected chi connectivity index (χ0v) is 20.4. The second-order valence-corrected chi connectivity index (χ2v) is 8.41. The van der Waals surface area contributed by atoms with Crippen molar-refractivity contribution < 1.29 is 29.0 Å². The third-order valence-corrected chi connectivity index (χ3v) is 5.90. The van der Waals surface area contributed by atoms with E-state index in [2.05, 4.69) is 4.98 Å². The molecule has 1 saturated heterocycles. The summed E-state index contributed by atoms with van der Waals surface area (Å²) < 4.78 is 10.3. The number of aliphatic hydroxyl groups is 1. The lowest BCUT2D eigenvalue weighted by Crippen LogP contribution is -2.35. The first-order chi connectivity index (χ1) is 16.1. The summed E-state index contributed by atoms with van der Waals surface area (Å²) in [5.41, 5.74) is 2.06. The molecule has 1 aliphatic heterocycles. The van der Waals surface area contributed by atoms with E-state index in [1.54, 1.807) is 38.1 Å². The van der Waals surface area contributed by atoms with E-state index in [1.165, 1.54) is 12.0 Å². The zero-order valence-electron chi connectivity index (χ0n) is 20.4. The summed E-state index contributed by atoms with van der Waals surface area (Å²) in [5, 5.41) is 11.4. The molecule has 1 aromatic carbocycles. The highest BCUT2D eigenvalue weighted by Gasteiger charge is 2.46. The lowest BCUT2D eigenvalue weighted by Gasteiger charge is -2.26. The number of carbonyl (C=O) groups excluding carboxylic acids is 3. The van der Waals surface area contributed by atoms with E-state index < -0.39 is 23.7 Å². The average Bonchev–Trinajstić information content (AvgIpc) is 3.24. The van der Waals surface area contributed by atoms with Crippen molar-refractivity contribution in [2.24, 2.45) is 0 Å². The van der Waals surface area contributed by atoms with Crippen molar-refractivity contribution in [3.8, 4) is 5.75 Å². The molecule has 9 nitrogen and oxygen atoms in total. The minimum atomic E-state index is -0.786. The first kappa shape index (κ1) is 25.0. The number of likely N-dealkylation sites (tertiary alicyclic amines) is 1. The van der Waals surface area contributed by atoms with Crippen LogP contribution in [0.3, 0.4) is 0 Å². The number of carbonyl (C=O) groups is 3. The van der Waals surface area contributed by atoms with Gasteiger partial charge in [0.2, 0.25) is 0 Å². The van der Waals surface area contributed by atoms with Crippen molar-refractivity contribution >= 4 is 23.4 Å². The van der Waals surface area contributed by atoms with Crippen LogP contribution in [0.1, 0.15) is 45.8 Å². The number of methoxy groups -OCH3 is 1. The molecule has 0 saturated carbocycles. The van der Waals surface area contributed by atoms with E-state index in [0.717, 1.165) is 0 Å². The zero-order chi connectivity index (χ0) is 25.2. The number of nitrogens with one attached hydrogen (secondary N) is 1. The van der Waals surface area contributed by atoms with Gasteiger partial charge in [0.05, 0.1) is 25.3 Å². The van der Waals surface area contributed by atoms with E-state index in [0.29, 0.717) is 47.8 Å². The van der Waals surface area contributed by atoms with Crippen molar-refractivity contribution in [3.05, 3.63) is 57.9 Å². The summed E-state index contributed by atoms with van der Waals surface area (Å²) >= 11 is 0. The van der Waals surface area contributed by atoms with Crippen LogP contribution in [0.2, 0.25) is 0 Å². The molecule has 0 bridgehead atoms. The van der Waals surface area contributed by atoms with Crippen LogP contribution in [0.25, 0.3) is 5.76 Å². The number of ketones is 1. The number of aliphatic hydroxyl groups excluding tert-OH is 1. The molecule has 182 valence electrons. The summed E-state index contributed by atoms with van der Waals surface area (Å²) in [6, 6.07) is 6.33. The number of esters is 1. The normalized spacial score (nSPS) is 17.5. The fourth-order valence-corrected chi connectivity index (χ4v) is 4.22. The van der Waals surface area contributed by atoms with Gasteiger partial charge in [-0.3, -0.25) is 9.59 Å². The molecule has 34 heavy (non-hydrogen) atoms. The van der Waals surface area contributed by atoms with Gasteiger partial charge in [0.15, 0.2) is 0 Å². The topological polar surface area (TPSA) is 112 Å². The van der Waals surface area contributed by atoms with Crippen LogP contribution in [0.15, 0.2) is 29.8 Å². The number of H-pyrrole nitrogens is 1. The van der Waals surface area contributed by atoms with E-state index in [4.69, 9.17) is 9.47 Å². The molecule has 9 heteroatoms. The second-order valence-electron chi connectivity index (χ2n) is 8.41. The Labute approximate surface area is 199 Å². The Morgan fingerprint density at radius 2 is 1.82 bits per heavy atom. The van der Waals surface area contributed by atoms with Crippen molar-refractivity contribution in [2.75, 3.05) is 40.9 Å². The quantitative estimate of drug-likeness (QED) is 0.265. The number of aromatic amines is 1. The van der Waals surface area contributed by atoms with Crippen LogP contribution in [0, 0.1) is 13.8 Å². The van der Waals surface area contributed by atoms with Crippen molar-refractivity contribution in [1.82, 2.24) is 14.8 Å². The smallest absolute Gasteiger partial charge is 0.354 e. The van der Waals surface area contributed by atoms with Gasteiger partial charge in [-0.1, -0.05) is 12.1 Å². The molecular formula is C25H31N3O6. The molecule has 0 unspecified atom stereocenters. The number of aromatic nitrogens is 1. The Morgan fingerprint density at radius 3 is 2.38 bits per heavy atom. The molecule has 3 rings (SSSR count). The van der Waals surface area contributed by atoms with Crippen LogP contribution >= 0.6 is 0 Å². The standard InChI is InChI=1S/C25H31N3O6/c1-7-34-17-10-8-16(9-11-17)21-19(23(30)24(31)28(21)13-12-27(4)5)22(29)18-14(2)20(25(32)33-6)26-15(18)3/h8-11,21,26,29H,7,12-13H2,1-6H3/b22-19+/t21-/m1/s1. The third-order valence-electron chi connectivity index (χ3n) is 5.90. The van der Waals surface area contributed by atoms with Crippen LogP contribution < -0.4 is 4.74 Å². The summed E-state index contributed by atoms with van der Waals surface area (Å²) in [6.07, 6.45) is 0. The molecule has 2 aromatic rings. The average molecular weight is 470 g/mol. The van der Waals surface area contributed by atoms with Gasteiger partial charge in [0, 0.05) is 24.3 Å². The first-order valence-corrected chi connectivity index (χ1v) is 11.1. The van der Waals surface area contributed by atoms with Crippen molar-refractivity contribution in [3.63, 3.8) is 0 Å². The number of hydrogen-bond acceptors (Lipinski definition) is 7. The fourth-order valence-electron chi connectivity index (χ4n) is 4.22. The van der Waals surface area contributed by atoms with Gasteiger partial charge in [-0.2, -0.15) is 0 Å². The highest BCUT2D eigenvalue weighted by molar-refractivity contribution is 6.46. The number of nitrogens with zero attached hydrogens (tertiary/aromatic N) is 2. The molecule has 1 fully saturated rings. The number of Topliss-reactive ketones (excluding diaryl/α,β-unsaturated/α-hetero) is 1. The summed E-state index contributed by atoms with van der Waals surface area (Å²) in [6.45, 7) is 6.56. The number of benzene rings is 1. The van der Waals surface area contributed by atoms with Crippen LogP contribution in [-0.4, -0.2) is 78.5 Å². The molecule has 2 heterocycles. The van der Waals surface area contributed by atoms with Gasteiger partial charge in [-0.15, -0.1) is 0 Å². The number of likely N-dealkylation sites (N-methyl/N-ethyl adjacent to an activating group) is 1. The molecule has 1 aliphatic rings. The van der Waals surface area contributed by atoms with Crippen LogP contribution in [0.4, 0.5) is 0 Å². The number of amides is 1. The highest BCUT2D eigenvalue weighted by atomic mass is 16.5. The SMILES string of the molecule is CCOc1ccc([C@@H]2/C(=C(\O)c3c(C)[nH]c(C(=O)OC)c3C)C(=O)C(=O)N2CCN(C)C)cc1. The molecular weight excluding hydrogens is 438 g/mol. The maximum atomic E-state index is 13.2. The number of hydrogen-bond donors (Lipinski definition) is 2. The summed E-state index contributed by atoms with van der Waals surface area (Å²) in [7, 11) is 5.02. The Morgan fingerprint density at radius 1 is 1.18 bits per heavy atom. The minimum absolute atomic E-state index is 0.0190. The summed E-state index contributed by atoms with van der Waals surface area (Å²) in [5.74, 6) is -1.70. The van der Waals surface area contributed by atoms with Gasteiger partial charge in [0.1, 0.15) is 17.2 Å². The Kier molecular flexibility index (Phi) is 7.46. The Hall–Kier alpha value is -3.59. The molecule has 0 spiro atoms. The predicted molar refractivity (Wildman–Crippen MR) is 127 cm³/mol. The molecule has 1 aromatic heterocycles. The first-order valence-electron chi connectivity index (χ1n) is 11.1. The molecule has 1 amide bonds. The lowest BCUT2D eigenvalue weighted by atomic mass is 9.94. The van der Waals surface area contributed by atoms with Crippen LogP contribution in [0.5, 0.6) is 5.75 Å². The number of aryl methyl sites for hydroxylation is 1. The van der Waals surface area contributed by atoms with Gasteiger partial charge < -0.3 is 29.4 Å². The maximum Gasteiger partial charge on any atom is 0.354 e. The van der Waals surface area contributed by atoms with Gasteiger partial charge in [-0.25, -0.2) is 4.79 Å². The van der Waals surface area contributed by atoms with Crippen LogP contribution in [-0.2, 0) is 14.3 Å². The molecule has 0 radical (unpaired) electrons. The monoisotopic (exact) mass is 469 g/mol. The minimum Gasteiger partial charge on any atom is -0.507 e. The van der Waals surface area contributed by atoms with Crippen molar-refractivity contribution in [1.29, 1.82) is 0 Å². The molecule has 2 N–H and O–H groups in total. The largest absolute Gasteiger partial charge is 0.507 e. The van der Waals surface area contributed by atoms with Gasteiger partial charge in [0.25, 0.3) is 11.7 Å². The van der Waals surface area contributed by atoms with Gasteiger partial charge in [-0.05, 0) is 58.1 Å².